The molecule has 3 aromatic heterocycles. The van der Waals surface area contributed by atoms with Crippen molar-refractivity contribution in [2.75, 3.05) is 0 Å². The van der Waals surface area contributed by atoms with Gasteiger partial charge in [-0.2, -0.15) is 0 Å². The van der Waals surface area contributed by atoms with Crippen LogP contribution in [0, 0.1) is 0 Å². The average molecular weight is 363 g/mol. The molecule has 1 aliphatic carbocycles. The molecular formula is C20H21N5O2. The molecule has 1 fully saturated rings. The average Bonchev–Trinajstić information content (AvgIpc) is 3.35. The maximum atomic E-state index is 13.1. The molecule has 0 atom stereocenters. The lowest BCUT2D eigenvalue weighted by atomic mass is 10.2. The Morgan fingerprint density at radius 1 is 1.15 bits per heavy atom. The molecule has 5 rings (SSSR count). The highest BCUT2D eigenvalue weighted by molar-refractivity contribution is 5.89. The summed E-state index contributed by atoms with van der Waals surface area (Å²) in [4.78, 5) is 30.9. The molecule has 0 saturated heterocycles. The first-order valence-corrected chi connectivity index (χ1v) is 9.45. The molecule has 1 aromatic carbocycles. The predicted octanol–water partition coefficient (Wildman–Crippen LogP) is 2.47. The lowest BCUT2D eigenvalue weighted by molar-refractivity contribution is 0.579. The van der Waals surface area contributed by atoms with Crippen LogP contribution in [0.1, 0.15) is 43.4 Å². The number of benzene rings is 1. The molecule has 1 saturated carbocycles. The molecule has 7 heteroatoms. The van der Waals surface area contributed by atoms with E-state index < -0.39 is 0 Å². The van der Waals surface area contributed by atoms with Crippen molar-refractivity contribution in [1.29, 1.82) is 0 Å². The summed E-state index contributed by atoms with van der Waals surface area (Å²) < 4.78 is 4.77. The third-order valence-corrected chi connectivity index (χ3v) is 5.23. The molecule has 1 N–H and O–H groups in total. The number of nitrogens with one attached hydrogen (secondary N) is 1. The van der Waals surface area contributed by atoms with Gasteiger partial charge in [0.25, 0.3) is 5.56 Å². The third-order valence-electron chi connectivity index (χ3n) is 5.23. The van der Waals surface area contributed by atoms with Gasteiger partial charge >= 0.3 is 5.69 Å². The fourth-order valence-electron chi connectivity index (χ4n) is 3.70. The highest BCUT2D eigenvalue weighted by Crippen LogP contribution is 2.39. The largest absolute Gasteiger partial charge is 0.332 e. The maximum Gasteiger partial charge on any atom is 0.332 e. The Morgan fingerprint density at radius 2 is 1.93 bits per heavy atom. The molecule has 3 heterocycles. The van der Waals surface area contributed by atoms with E-state index in [2.05, 4.69) is 5.10 Å². The predicted molar refractivity (Wildman–Crippen MR) is 103 cm³/mol. The second kappa shape index (κ2) is 5.97. The number of fused-ring (bicyclic) bond motifs is 3. The Hall–Kier alpha value is -3.09. The number of aromatic amines is 1. The Bertz CT molecular complexity index is 1250. The molecule has 138 valence electrons. The SMILES string of the molecule is CCCn1c(=O)c2c([nH]n3cc(C4CC4)nc23)n(Cc2ccccc2)c1=O. The molecule has 0 radical (unpaired) electrons. The van der Waals surface area contributed by atoms with Crippen molar-refractivity contribution in [3.05, 3.63) is 68.6 Å². The smallest absolute Gasteiger partial charge is 0.277 e. The van der Waals surface area contributed by atoms with E-state index in [9.17, 15) is 9.59 Å². The molecule has 7 nitrogen and oxygen atoms in total. The Labute approximate surface area is 154 Å². The quantitative estimate of drug-likeness (QED) is 0.592. The van der Waals surface area contributed by atoms with Gasteiger partial charge in [0.1, 0.15) is 11.0 Å². The number of H-pyrrole nitrogens is 1. The zero-order valence-corrected chi connectivity index (χ0v) is 15.2. The number of hydrogen-bond donors (Lipinski definition) is 1. The van der Waals surface area contributed by atoms with Crippen LogP contribution in [-0.4, -0.2) is 23.7 Å². The molecule has 1 aliphatic rings. The van der Waals surface area contributed by atoms with Crippen molar-refractivity contribution in [2.24, 2.45) is 0 Å². The van der Waals surface area contributed by atoms with E-state index in [0.717, 1.165) is 24.1 Å². The Morgan fingerprint density at radius 3 is 2.63 bits per heavy atom. The van der Waals surface area contributed by atoms with Crippen molar-refractivity contribution in [2.45, 2.75) is 45.2 Å². The van der Waals surface area contributed by atoms with E-state index in [1.165, 1.54) is 4.57 Å². The summed E-state index contributed by atoms with van der Waals surface area (Å²) in [5.41, 5.74) is 2.62. The summed E-state index contributed by atoms with van der Waals surface area (Å²) >= 11 is 0. The molecule has 27 heavy (non-hydrogen) atoms. The van der Waals surface area contributed by atoms with Crippen LogP contribution in [-0.2, 0) is 13.1 Å². The zero-order valence-electron chi connectivity index (χ0n) is 15.2. The molecule has 4 aromatic rings. The van der Waals surface area contributed by atoms with Gasteiger partial charge < -0.3 is 0 Å². The van der Waals surface area contributed by atoms with Gasteiger partial charge in [0.15, 0.2) is 5.65 Å². The number of rotatable bonds is 5. The molecular weight excluding hydrogens is 342 g/mol. The van der Waals surface area contributed by atoms with E-state index in [1.807, 2.05) is 43.5 Å². The van der Waals surface area contributed by atoms with Gasteiger partial charge in [-0.05, 0) is 24.8 Å². The number of aromatic nitrogens is 5. The van der Waals surface area contributed by atoms with Crippen LogP contribution >= 0.6 is 0 Å². The third kappa shape index (κ3) is 2.53. The minimum atomic E-state index is -0.287. The normalized spacial score (nSPS) is 14.4. The summed E-state index contributed by atoms with van der Waals surface area (Å²) in [6, 6.07) is 9.80. The summed E-state index contributed by atoms with van der Waals surface area (Å²) in [5.74, 6) is 0.501. The summed E-state index contributed by atoms with van der Waals surface area (Å²) in [6.07, 6.45) is 4.97. The van der Waals surface area contributed by atoms with Crippen LogP contribution in [0.3, 0.4) is 0 Å². The topological polar surface area (TPSA) is 77.1 Å². The van der Waals surface area contributed by atoms with Crippen molar-refractivity contribution in [3.8, 4) is 0 Å². The van der Waals surface area contributed by atoms with Gasteiger partial charge in [-0.1, -0.05) is 37.3 Å². The van der Waals surface area contributed by atoms with Crippen LogP contribution in [0.4, 0.5) is 0 Å². The van der Waals surface area contributed by atoms with Gasteiger partial charge in [-0.25, -0.2) is 14.3 Å². The van der Waals surface area contributed by atoms with Crippen LogP contribution in [0.5, 0.6) is 0 Å². The minimum Gasteiger partial charge on any atom is -0.277 e. The lowest BCUT2D eigenvalue weighted by Crippen LogP contribution is -2.40. The summed E-state index contributed by atoms with van der Waals surface area (Å²) in [5, 5.41) is 3.72. The molecule has 0 aliphatic heterocycles. The van der Waals surface area contributed by atoms with Gasteiger partial charge in [0.2, 0.25) is 0 Å². The summed E-state index contributed by atoms with van der Waals surface area (Å²) in [6.45, 7) is 2.76. The van der Waals surface area contributed by atoms with Crippen LogP contribution in [0.2, 0.25) is 0 Å². The highest BCUT2D eigenvalue weighted by atomic mass is 16.2. The van der Waals surface area contributed by atoms with E-state index in [4.69, 9.17) is 4.98 Å². The van der Waals surface area contributed by atoms with Gasteiger partial charge in [-0.3, -0.25) is 19.0 Å². The number of hydrogen-bond acceptors (Lipinski definition) is 3. The van der Waals surface area contributed by atoms with E-state index >= 15 is 0 Å². The monoisotopic (exact) mass is 363 g/mol. The van der Waals surface area contributed by atoms with Gasteiger partial charge in [-0.15, -0.1) is 0 Å². The number of nitrogens with zero attached hydrogens (tertiary/aromatic N) is 4. The molecule has 0 spiro atoms. The fourth-order valence-corrected chi connectivity index (χ4v) is 3.70. The van der Waals surface area contributed by atoms with Crippen molar-refractivity contribution in [3.63, 3.8) is 0 Å². The van der Waals surface area contributed by atoms with Crippen molar-refractivity contribution in [1.82, 2.24) is 23.7 Å². The van der Waals surface area contributed by atoms with Gasteiger partial charge in [0.05, 0.1) is 18.4 Å². The Kier molecular flexibility index (Phi) is 3.56. The van der Waals surface area contributed by atoms with Crippen molar-refractivity contribution >= 4 is 16.7 Å². The highest BCUT2D eigenvalue weighted by Gasteiger charge is 2.28. The van der Waals surface area contributed by atoms with Crippen molar-refractivity contribution < 1.29 is 0 Å². The number of imidazole rings is 1. The van der Waals surface area contributed by atoms with Crippen LogP contribution in [0.15, 0.2) is 46.1 Å². The zero-order chi connectivity index (χ0) is 18.5. The molecule has 0 bridgehead atoms. The van der Waals surface area contributed by atoms with E-state index in [0.29, 0.717) is 42.1 Å². The van der Waals surface area contributed by atoms with Crippen LogP contribution < -0.4 is 11.2 Å². The lowest BCUT2D eigenvalue weighted by Gasteiger charge is -2.11. The van der Waals surface area contributed by atoms with E-state index in [1.54, 1.807) is 9.08 Å². The first kappa shape index (κ1) is 16.1. The fraction of sp³-hybridized carbons (Fsp3) is 0.350. The first-order chi connectivity index (χ1) is 13.2. The Balaban J connectivity index is 1.80. The standard InChI is InChI=1S/C20H21N5O2/c1-2-10-23-19(26)16-17-21-15(14-8-9-14)12-25(17)22-18(16)24(20(23)27)11-13-6-4-3-5-7-13/h3-7,12,14,22H,2,8-11H2,1H3. The first-order valence-electron chi connectivity index (χ1n) is 9.45. The maximum absolute atomic E-state index is 13.1. The second-order valence-corrected chi connectivity index (χ2v) is 7.28. The molecule has 0 unspecified atom stereocenters. The molecule has 0 amide bonds. The summed E-state index contributed by atoms with van der Waals surface area (Å²) in [7, 11) is 0. The van der Waals surface area contributed by atoms with Gasteiger partial charge in [0, 0.05) is 12.5 Å². The second-order valence-electron chi connectivity index (χ2n) is 7.28. The van der Waals surface area contributed by atoms with Crippen LogP contribution in [0.25, 0.3) is 16.7 Å². The minimum absolute atomic E-state index is 0.264. The van der Waals surface area contributed by atoms with E-state index in [-0.39, 0.29) is 11.2 Å².